The molecule has 1 heterocycles. The average Bonchev–Trinajstić information content (AvgIpc) is 2.95. The molecule has 0 radical (unpaired) electrons. The van der Waals surface area contributed by atoms with Gasteiger partial charge in [0.25, 0.3) is 5.89 Å². The third-order valence-electron chi connectivity index (χ3n) is 3.39. The molecule has 0 spiro atoms. The molecule has 0 aliphatic heterocycles. The second kappa shape index (κ2) is 6.43. The summed E-state index contributed by atoms with van der Waals surface area (Å²) in [5, 5.41) is 8.10. The van der Waals surface area contributed by atoms with Crippen LogP contribution in [0.25, 0.3) is 0 Å². The number of nitrogens with zero attached hydrogens (tertiary/aromatic N) is 2. The molecule has 112 valence electrons. The Balaban J connectivity index is 1.62. The molecule has 0 N–H and O–H groups in total. The molecule has 0 bridgehead atoms. The van der Waals surface area contributed by atoms with Crippen LogP contribution in [0, 0.1) is 13.8 Å². The van der Waals surface area contributed by atoms with E-state index in [-0.39, 0.29) is 6.61 Å². The van der Waals surface area contributed by atoms with Crippen LogP contribution >= 0.6 is 0 Å². The molecule has 0 amide bonds. The fraction of sp³-hybridized carbons (Fsp3) is 0.222. The first-order chi connectivity index (χ1) is 10.7. The summed E-state index contributed by atoms with van der Waals surface area (Å²) in [5.74, 6) is 1.93. The summed E-state index contributed by atoms with van der Waals surface area (Å²) >= 11 is 0. The molecule has 0 saturated heterocycles. The molecule has 1 aromatic heterocycles. The number of ether oxygens (including phenoxy) is 1. The lowest BCUT2D eigenvalue weighted by Crippen LogP contribution is -1.97. The Kier molecular flexibility index (Phi) is 4.19. The minimum Gasteiger partial charge on any atom is -0.484 e. The second-order valence-corrected chi connectivity index (χ2v) is 5.31. The van der Waals surface area contributed by atoms with E-state index in [4.69, 9.17) is 9.15 Å². The highest BCUT2D eigenvalue weighted by molar-refractivity contribution is 5.35. The third kappa shape index (κ3) is 3.52. The van der Waals surface area contributed by atoms with Gasteiger partial charge in [-0.25, -0.2) is 0 Å². The van der Waals surface area contributed by atoms with Crippen molar-refractivity contribution in [1.29, 1.82) is 0 Å². The topological polar surface area (TPSA) is 48.2 Å². The summed E-state index contributed by atoms with van der Waals surface area (Å²) in [5.41, 5.74) is 3.46. The number of benzene rings is 2. The van der Waals surface area contributed by atoms with E-state index in [0.717, 1.165) is 16.9 Å². The summed E-state index contributed by atoms with van der Waals surface area (Å²) in [7, 11) is 0. The van der Waals surface area contributed by atoms with Gasteiger partial charge in [-0.2, -0.15) is 0 Å². The zero-order chi connectivity index (χ0) is 15.4. The maximum Gasteiger partial charge on any atom is 0.253 e. The number of hydrogen-bond acceptors (Lipinski definition) is 4. The quantitative estimate of drug-likeness (QED) is 0.717. The van der Waals surface area contributed by atoms with E-state index in [1.165, 1.54) is 5.56 Å². The van der Waals surface area contributed by atoms with Crippen molar-refractivity contribution >= 4 is 0 Å². The highest BCUT2D eigenvalue weighted by Crippen LogP contribution is 2.20. The first-order valence-corrected chi connectivity index (χ1v) is 7.26. The highest BCUT2D eigenvalue weighted by atomic mass is 16.5. The molecule has 0 aliphatic carbocycles. The van der Waals surface area contributed by atoms with Gasteiger partial charge in [-0.3, -0.25) is 0 Å². The number of rotatable bonds is 5. The molecule has 3 aromatic rings. The van der Waals surface area contributed by atoms with Gasteiger partial charge in [-0.15, -0.1) is 10.2 Å². The third-order valence-corrected chi connectivity index (χ3v) is 3.39. The first-order valence-electron chi connectivity index (χ1n) is 7.26. The first kappa shape index (κ1) is 14.3. The Hall–Kier alpha value is -2.62. The van der Waals surface area contributed by atoms with Gasteiger partial charge < -0.3 is 9.15 Å². The Morgan fingerprint density at radius 3 is 2.50 bits per heavy atom. The van der Waals surface area contributed by atoms with Gasteiger partial charge in [-0.05, 0) is 31.0 Å². The van der Waals surface area contributed by atoms with Crippen molar-refractivity contribution in [2.24, 2.45) is 0 Å². The lowest BCUT2D eigenvalue weighted by atomic mass is 10.1. The Morgan fingerprint density at radius 1 is 0.955 bits per heavy atom. The predicted molar refractivity (Wildman–Crippen MR) is 83.8 cm³/mol. The van der Waals surface area contributed by atoms with Crippen LogP contribution in [0.5, 0.6) is 5.75 Å². The van der Waals surface area contributed by atoms with Crippen LogP contribution in [-0.2, 0) is 13.0 Å². The highest BCUT2D eigenvalue weighted by Gasteiger charge is 2.08. The van der Waals surface area contributed by atoms with E-state index in [2.05, 4.69) is 23.2 Å². The van der Waals surface area contributed by atoms with Crippen LogP contribution in [0.2, 0.25) is 0 Å². The van der Waals surface area contributed by atoms with Crippen LogP contribution in [0.1, 0.15) is 28.5 Å². The molecular formula is C18H18N2O2. The summed E-state index contributed by atoms with van der Waals surface area (Å²) < 4.78 is 11.4. The average molecular weight is 294 g/mol. The van der Waals surface area contributed by atoms with Gasteiger partial charge in [0.15, 0.2) is 6.61 Å². The van der Waals surface area contributed by atoms with E-state index >= 15 is 0 Å². The van der Waals surface area contributed by atoms with Crippen LogP contribution in [0.4, 0.5) is 0 Å². The van der Waals surface area contributed by atoms with E-state index in [0.29, 0.717) is 18.2 Å². The van der Waals surface area contributed by atoms with Gasteiger partial charge in [0, 0.05) is 0 Å². The van der Waals surface area contributed by atoms with Crippen molar-refractivity contribution in [3.05, 3.63) is 77.0 Å². The van der Waals surface area contributed by atoms with Gasteiger partial charge in [-0.1, -0.05) is 48.0 Å². The molecule has 2 aromatic carbocycles. The fourth-order valence-corrected chi connectivity index (χ4v) is 2.29. The Bertz CT molecular complexity index is 751. The SMILES string of the molecule is Cc1ccc(OCc2nnc(Cc3ccccc3)o2)c(C)c1. The molecule has 0 atom stereocenters. The van der Waals surface area contributed by atoms with Crippen LogP contribution in [0.3, 0.4) is 0 Å². The molecule has 0 saturated carbocycles. The van der Waals surface area contributed by atoms with Gasteiger partial charge in [0.1, 0.15) is 5.75 Å². The van der Waals surface area contributed by atoms with Crippen molar-refractivity contribution in [2.75, 3.05) is 0 Å². The van der Waals surface area contributed by atoms with Crippen LogP contribution < -0.4 is 4.74 Å². The minimum atomic E-state index is 0.283. The van der Waals surface area contributed by atoms with Crippen molar-refractivity contribution < 1.29 is 9.15 Å². The van der Waals surface area contributed by atoms with E-state index in [1.807, 2.05) is 49.4 Å². The number of hydrogen-bond donors (Lipinski definition) is 0. The largest absolute Gasteiger partial charge is 0.484 e. The Morgan fingerprint density at radius 2 is 1.73 bits per heavy atom. The van der Waals surface area contributed by atoms with Crippen molar-refractivity contribution in [3.63, 3.8) is 0 Å². The van der Waals surface area contributed by atoms with E-state index in [1.54, 1.807) is 0 Å². The summed E-state index contributed by atoms with van der Waals surface area (Å²) in [4.78, 5) is 0. The predicted octanol–water partition coefficient (Wildman–Crippen LogP) is 3.86. The van der Waals surface area contributed by atoms with Crippen molar-refractivity contribution in [1.82, 2.24) is 10.2 Å². The molecule has 4 heteroatoms. The second-order valence-electron chi connectivity index (χ2n) is 5.31. The molecule has 0 unspecified atom stereocenters. The molecule has 22 heavy (non-hydrogen) atoms. The summed E-state index contributed by atoms with van der Waals surface area (Å²) in [6.07, 6.45) is 0.636. The van der Waals surface area contributed by atoms with E-state index in [9.17, 15) is 0 Å². The number of aryl methyl sites for hydroxylation is 2. The lowest BCUT2D eigenvalue weighted by molar-refractivity contribution is 0.258. The summed E-state index contributed by atoms with van der Waals surface area (Å²) in [6.45, 7) is 4.37. The maximum absolute atomic E-state index is 5.75. The van der Waals surface area contributed by atoms with Crippen LogP contribution in [-0.4, -0.2) is 10.2 Å². The minimum absolute atomic E-state index is 0.283. The van der Waals surface area contributed by atoms with Crippen molar-refractivity contribution in [3.8, 4) is 5.75 Å². The monoisotopic (exact) mass is 294 g/mol. The smallest absolute Gasteiger partial charge is 0.253 e. The molecule has 3 rings (SSSR count). The Labute approximate surface area is 129 Å². The molecule has 0 fully saturated rings. The zero-order valence-electron chi connectivity index (χ0n) is 12.7. The number of aromatic nitrogens is 2. The van der Waals surface area contributed by atoms with E-state index < -0.39 is 0 Å². The van der Waals surface area contributed by atoms with Crippen LogP contribution in [0.15, 0.2) is 52.9 Å². The molecular weight excluding hydrogens is 276 g/mol. The molecule has 0 aliphatic rings. The summed E-state index contributed by atoms with van der Waals surface area (Å²) in [6, 6.07) is 16.1. The molecule has 4 nitrogen and oxygen atoms in total. The standard InChI is InChI=1S/C18H18N2O2/c1-13-8-9-16(14(2)10-13)21-12-18-20-19-17(22-18)11-15-6-4-3-5-7-15/h3-10H,11-12H2,1-2H3. The lowest BCUT2D eigenvalue weighted by Gasteiger charge is -2.07. The fourth-order valence-electron chi connectivity index (χ4n) is 2.29. The van der Waals surface area contributed by atoms with Gasteiger partial charge in [0.2, 0.25) is 5.89 Å². The zero-order valence-corrected chi connectivity index (χ0v) is 12.7. The van der Waals surface area contributed by atoms with Gasteiger partial charge >= 0.3 is 0 Å². The normalized spacial score (nSPS) is 10.6. The van der Waals surface area contributed by atoms with Gasteiger partial charge in [0.05, 0.1) is 6.42 Å². The van der Waals surface area contributed by atoms with Crippen molar-refractivity contribution in [2.45, 2.75) is 26.9 Å². The maximum atomic E-state index is 5.75.